The van der Waals surface area contributed by atoms with Crippen LogP contribution in [-0.4, -0.2) is 58.5 Å². The van der Waals surface area contributed by atoms with Gasteiger partial charge in [-0.25, -0.2) is 4.79 Å². The molecule has 1 unspecified atom stereocenters. The Bertz CT molecular complexity index is 1030. The quantitative estimate of drug-likeness (QED) is 0.186. The van der Waals surface area contributed by atoms with Gasteiger partial charge in [0, 0.05) is 25.2 Å². The van der Waals surface area contributed by atoms with Crippen LogP contribution in [0, 0.1) is 5.92 Å². The highest BCUT2D eigenvalue weighted by atomic mass is 16.5. The third kappa shape index (κ3) is 12.5. The number of aromatic nitrogens is 1. The molecule has 4 N–H and O–H groups in total. The van der Waals surface area contributed by atoms with Gasteiger partial charge < -0.3 is 30.4 Å². The highest BCUT2D eigenvalue weighted by molar-refractivity contribution is 5.97. The molecule has 37 heavy (non-hydrogen) atoms. The van der Waals surface area contributed by atoms with Gasteiger partial charge in [0.15, 0.2) is 0 Å². The van der Waals surface area contributed by atoms with Crippen LogP contribution in [0.5, 0.6) is 0 Å². The Labute approximate surface area is 215 Å². The number of carboxylic acids is 1. The highest BCUT2D eigenvalue weighted by Crippen LogP contribution is 2.06. The number of amides is 3. The van der Waals surface area contributed by atoms with Crippen molar-refractivity contribution in [3.8, 4) is 0 Å². The van der Waals surface area contributed by atoms with Crippen LogP contribution in [0.1, 0.15) is 52.9 Å². The molecule has 0 aromatic carbocycles. The number of ether oxygens (including phenoxy) is 1. The molecule has 0 radical (unpaired) electrons. The average molecular weight is 521 g/mol. The minimum Gasteiger partial charge on any atom is -0.481 e. The van der Waals surface area contributed by atoms with E-state index in [0.717, 1.165) is 11.0 Å². The van der Waals surface area contributed by atoms with Crippen molar-refractivity contribution >= 4 is 35.3 Å². The van der Waals surface area contributed by atoms with Crippen molar-refractivity contribution in [3.05, 3.63) is 40.8 Å². The van der Waals surface area contributed by atoms with Gasteiger partial charge in [0.05, 0.1) is 13.0 Å². The van der Waals surface area contributed by atoms with Gasteiger partial charge >= 0.3 is 11.9 Å². The number of aliphatic carboxylic acids is 1. The molecule has 2 atom stereocenters. The number of carbonyl (C=O) groups is 5. The predicted molar refractivity (Wildman–Crippen MR) is 136 cm³/mol. The van der Waals surface area contributed by atoms with E-state index in [1.54, 1.807) is 6.92 Å². The summed E-state index contributed by atoms with van der Waals surface area (Å²) in [6.45, 7) is 6.12. The van der Waals surface area contributed by atoms with E-state index in [1.807, 2.05) is 13.8 Å². The number of nitrogens with zero attached hydrogens (tertiary/aromatic N) is 1. The Morgan fingerprint density at radius 2 is 1.86 bits per heavy atom. The van der Waals surface area contributed by atoms with Gasteiger partial charge in [0.25, 0.3) is 5.56 Å². The number of rotatable bonds is 16. The maximum absolute atomic E-state index is 12.9. The normalized spacial score (nSPS) is 12.4. The minimum absolute atomic E-state index is 0.0690. The summed E-state index contributed by atoms with van der Waals surface area (Å²) in [5, 5.41) is 16.5. The number of anilines is 1. The molecule has 1 heterocycles. The molecular weight excluding hydrogens is 484 g/mol. The highest BCUT2D eigenvalue weighted by Gasteiger charge is 2.22. The number of nitrogens with one attached hydrogen (secondary N) is 3. The van der Waals surface area contributed by atoms with Crippen LogP contribution in [0.4, 0.5) is 5.69 Å². The summed E-state index contributed by atoms with van der Waals surface area (Å²) < 4.78 is 5.94. The molecule has 204 valence electrons. The molecule has 0 spiro atoms. The molecule has 12 heteroatoms. The number of esters is 1. The first-order valence-electron chi connectivity index (χ1n) is 12.2. The fourth-order valence-electron chi connectivity index (χ4n) is 3.01. The molecule has 1 rings (SSSR count). The van der Waals surface area contributed by atoms with Crippen LogP contribution < -0.4 is 21.5 Å². The summed E-state index contributed by atoms with van der Waals surface area (Å²) in [5.41, 5.74) is -0.693. The molecule has 12 nitrogen and oxygen atoms in total. The van der Waals surface area contributed by atoms with Crippen molar-refractivity contribution in [2.75, 3.05) is 18.5 Å². The summed E-state index contributed by atoms with van der Waals surface area (Å²) in [7, 11) is 0. The smallest absolute Gasteiger partial charge is 0.330 e. The van der Waals surface area contributed by atoms with Crippen LogP contribution in [0.3, 0.4) is 0 Å². The minimum atomic E-state index is -1.16. The SMILES string of the molecule is CCOC(=O)/C=C/CC[C@H](NC(=O)CCC(=O)O)C(=O)Nc1cccn(CC(=O)NCC(C)CC)c1=O. The Balaban J connectivity index is 2.92. The van der Waals surface area contributed by atoms with E-state index in [2.05, 4.69) is 16.0 Å². The molecule has 0 aliphatic rings. The number of hydrogen-bond donors (Lipinski definition) is 4. The standard InChI is InChI=1S/C25H36N4O8/c1-4-17(3)15-26-21(31)16-29-14-8-10-19(25(29)36)28-24(35)18(27-20(30)12-13-22(32)33)9-6-7-11-23(34)37-5-2/h7-8,10-11,14,17-18H,4-6,9,12-13,15-16H2,1-3H3,(H,26,31)(H,27,30)(H,28,35)(H,32,33)/b11-7+/t17?,18-/m0/s1. The number of carbonyl (C=O) groups excluding carboxylic acids is 4. The summed E-state index contributed by atoms with van der Waals surface area (Å²) >= 11 is 0. The molecule has 1 aromatic heterocycles. The van der Waals surface area contributed by atoms with Gasteiger partial charge in [0.1, 0.15) is 18.3 Å². The van der Waals surface area contributed by atoms with E-state index in [4.69, 9.17) is 9.84 Å². The molecule has 1 aromatic rings. The van der Waals surface area contributed by atoms with Crippen molar-refractivity contribution in [2.24, 2.45) is 5.92 Å². The molecule has 0 aliphatic heterocycles. The monoisotopic (exact) mass is 520 g/mol. The fraction of sp³-hybridized carbons (Fsp3) is 0.520. The number of hydrogen-bond acceptors (Lipinski definition) is 7. The van der Waals surface area contributed by atoms with E-state index in [1.165, 1.54) is 30.5 Å². The second-order valence-corrected chi connectivity index (χ2v) is 8.41. The maximum atomic E-state index is 12.9. The molecule has 0 fully saturated rings. The van der Waals surface area contributed by atoms with Gasteiger partial charge in [-0.15, -0.1) is 0 Å². The van der Waals surface area contributed by atoms with Gasteiger partial charge in [-0.05, 0) is 37.8 Å². The van der Waals surface area contributed by atoms with Crippen molar-refractivity contribution < 1.29 is 33.8 Å². The first-order chi connectivity index (χ1) is 17.6. The van der Waals surface area contributed by atoms with Crippen molar-refractivity contribution in [3.63, 3.8) is 0 Å². The van der Waals surface area contributed by atoms with E-state index >= 15 is 0 Å². The van der Waals surface area contributed by atoms with E-state index in [9.17, 15) is 28.8 Å². The number of carboxylic acid groups (broad SMARTS) is 1. The second-order valence-electron chi connectivity index (χ2n) is 8.41. The lowest BCUT2D eigenvalue weighted by Crippen LogP contribution is -2.44. The molecular formula is C25H36N4O8. The van der Waals surface area contributed by atoms with Crippen molar-refractivity contribution in [2.45, 2.75) is 65.5 Å². The van der Waals surface area contributed by atoms with Gasteiger partial charge in [-0.3, -0.25) is 24.0 Å². The lowest BCUT2D eigenvalue weighted by molar-refractivity contribution is -0.139. The van der Waals surface area contributed by atoms with Crippen molar-refractivity contribution in [1.29, 1.82) is 0 Å². The third-order valence-electron chi connectivity index (χ3n) is 5.32. The van der Waals surface area contributed by atoms with Crippen LogP contribution in [0.25, 0.3) is 0 Å². The van der Waals surface area contributed by atoms with E-state index in [-0.39, 0.29) is 44.0 Å². The summed E-state index contributed by atoms with van der Waals surface area (Å²) in [4.78, 5) is 72.3. The first-order valence-corrected chi connectivity index (χ1v) is 12.2. The van der Waals surface area contributed by atoms with Gasteiger partial charge in [0.2, 0.25) is 17.7 Å². The van der Waals surface area contributed by atoms with Crippen LogP contribution in [0.2, 0.25) is 0 Å². The molecule has 0 saturated heterocycles. The van der Waals surface area contributed by atoms with Gasteiger partial charge in [-0.2, -0.15) is 0 Å². The van der Waals surface area contributed by atoms with Gasteiger partial charge in [-0.1, -0.05) is 26.3 Å². The lowest BCUT2D eigenvalue weighted by atomic mass is 10.1. The first kappa shape index (κ1) is 31.1. The summed E-state index contributed by atoms with van der Waals surface area (Å²) in [6, 6.07) is 1.76. The number of pyridine rings is 1. The topological polar surface area (TPSA) is 173 Å². The van der Waals surface area contributed by atoms with Crippen LogP contribution in [-0.2, 0) is 35.3 Å². The fourth-order valence-corrected chi connectivity index (χ4v) is 3.01. The van der Waals surface area contributed by atoms with Crippen LogP contribution in [0.15, 0.2) is 35.3 Å². The van der Waals surface area contributed by atoms with E-state index in [0.29, 0.717) is 12.5 Å². The zero-order valence-corrected chi connectivity index (χ0v) is 21.5. The second kappa shape index (κ2) is 16.7. The summed E-state index contributed by atoms with van der Waals surface area (Å²) in [5.74, 6) is -3.12. The Hall–Kier alpha value is -3.96. The molecule has 0 saturated carbocycles. The Morgan fingerprint density at radius 3 is 2.51 bits per heavy atom. The molecule has 0 bridgehead atoms. The average Bonchev–Trinajstić information content (AvgIpc) is 2.85. The van der Waals surface area contributed by atoms with Crippen LogP contribution >= 0.6 is 0 Å². The van der Waals surface area contributed by atoms with E-state index < -0.39 is 41.8 Å². The number of allylic oxidation sites excluding steroid dienone is 1. The zero-order chi connectivity index (χ0) is 27.8. The zero-order valence-electron chi connectivity index (χ0n) is 21.5. The lowest BCUT2D eigenvalue weighted by Gasteiger charge is -2.18. The largest absolute Gasteiger partial charge is 0.481 e. The molecule has 0 aliphatic carbocycles. The Morgan fingerprint density at radius 1 is 1.14 bits per heavy atom. The molecule has 3 amide bonds. The summed E-state index contributed by atoms with van der Waals surface area (Å²) in [6.07, 6.45) is 4.54. The van der Waals surface area contributed by atoms with Crippen molar-refractivity contribution in [1.82, 2.24) is 15.2 Å². The third-order valence-corrected chi connectivity index (χ3v) is 5.32. The maximum Gasteiger partial charge on any atom is 0.330 e. The Kier molecular flexibility index (Phi) is 14.0. The predicted octanol–water partition coefficient (Wildman–Crippen LogP) is 1.20.